The van der Waals surface area contributed by atoms with Crippen molar-refractivity contribution in [3.63, 3.8) is 0 Å². The van der Waals surface area contributed by atoms with Crippen molar-refractivity contribution in [2.45, 2.75) is 37.6 Å². The molecular formula is C16H19N3O2. The van der Waals surface area contributed by atoms with Gasteiger partial charge in [-0.1, -0.05) is 30.3 Å². The van der Waals surface area contributed by atoms with Crippen molar-refractivity contribution in [3.05, 3.63) is 35.9 Å². The molecule has 1 unspecified atom stereocenters. The maximum atomic E-state index is 12.0. The number of benzene rings is 1. The van der Waals surface area contributed by atoms with Crippen LogP contribution in [0.5, 0.6) is 0 Å². The third-order valence-electron chi connectivity index (χ3n) is 3.35. The van der Waals surface area contributed by atoms with Gasteiger partial charge in [-0.15, -0.1) is 0 Å². The van der Waals surface area contributed by atoms with E-state index in [0.29, 0.717) is 31.0 Å². The lowest BCUT2D eigenvalue weighted by molar-refractivity contribution is -0.123. The number of nitrogens with zero attached hydrogens (tertiary/aromatic N) is 1. The fourth-order valence-corrected chi connectivity index (χ4v) is 2.02. The van der Waals surface area contributed by atoms with Gasteiger partial charge in [-0.25, -0.2) is 0 Å². The molecule has 5 nitrogen and oxygen atoms in total. The second-order valence-corrected chi connectivity index (χ2v) is 5.21. The summed E-state index contributed by atoms with van der Waals surface area (Å²) < 4.78 is 0. The molecule has 1 fully saturated rings. The maximum Gasteiger partial charge on any atom is 0.241 e. The number of carbonyl (C=O) groups is 2. The van der Waals surface area contributed by atoms with Crippen LogP contribution in [0.2, 0.25) is 0 Å². The average Bonchev–Trinajstić information content (AvgIpc) is 3.29. The second kappa shape index (κ2) is 7.44. The third-order valence-corrected chi connectivity index (χ3v) is 3.35. The van der Waals surface area contributed by atoms with Gasteiger partial charge in [0.15, 0.2) is 0 Å². The molecule has 0 spiro atoms. The quantitative estimate of drug-likeness (QED) is 0.744. The summed E-state index contributed by atoms with van der Waals surface area (Å²) in [6.07, 6.45) is 3.13. The first-order chi connectivity index (χ1) is 10.2. The van der Waals surface area contributed by atoms with E-state index in [9.17, 15) is 9.59 Å². The smallest absolute Gasteiger partial charge is 0.241 e. The number of rotatable bonds is 7. The Kier molecular flexibility index (Phi) is 5.33. The van der Waals surface area contributed by atoms with E-state index in [1.54, 1.807) is 24.3 Å². The first-order valence-corrected chi connectivity index (χ1v) is 7.22. The Hall–Kier alpha value is -2.35. The molecule has 0 aromatic heterocycles. The third kappa shape index (κ3) is 4.92. The Balaban J connectivity index is 1.70. The summed E-state index contributed by atoms with van der Waals surface area (Å²) in [5.74, 6) is -1.08. The fraction of sp³-hybridized carbons (Fsp3) is 0.438. The van der Waals surface area contributed by atoms with Crippen LogP contribution in [-0.4, -0.2) is 24.4 Å². The Morgan fingerprint density at radius 3 is 2.62 bits per heavy atom. The molecule has 0 saturated heterocycles. The molecule has 1 aromatic carbocycles. The molecule has 2 rings (SSSR count). The van der Waals surface area contributed by atoms with Crippen LogP contribution < -0.4 is 10.6 Å². The topological polar surface area (TPSA) is 82.0 Å². The molecule has 0 heterocycles. The van der Waals surface area contributed by atoms with E-state index in [1.165, 1.54) is 0 Å². The van der Waals surface area contributed by atoms with E-state index in [4.69, 9.17) is 5.26 Å². The van der Waals surface area contributed by atoms with E-state index in [2.05, 4.69) is 10.6 Å². The summed E-state index contributed by atoms with van der Waals surface area (Å²) in [7, 11) is 0. The Morgan fingerprint density at radius 2 is 2.00 bits per heavy atom. The molecule has 1 saturated carbocycles. The average molecular weight is 285 g/mol. The van der Waals surface area contributed by atoms with Crippen LogP contribution in [0, 0.1) is 11.3 Å². The highest BCUT2D eigenvalue weighted by Crippen LogP contribution is 2.18. The molecule has 0 aliphatic heterocycles. The van der Waals surface area contributed by atoms with Gasteiger partial charge in [0.2, 0.25) is 11.8 Å². The zero-order valence-electron chi connectivity index (χ0n) is 11.8. The highest BCUT2D eigenvalue weighted by molar-refractivity contribution is 5.86. The molecule has 1 aromatic rings. The highest BCUT2D eigenvalue weighted by atomic mass is 16.2. The summed E-state index contributed by atoms with van der Waals surface area (Å²) in [5.41, 5.74) is 0.684. The Labute approximate surface area is 124 Å². The molecule has 0 bridgehead atoms. The van der Waals surface area contributed by atoms with Gasteiger partial charge in [0.25, 0.3) is 0 Å². The number of nitrogens with one attached hydrogen (secondary N) is 2. The zero-order valence-corrected chi connectivity index (χ0v) is 11.8. The van der Waals surface area contributed by atoms with Crippen molar-refractivity contribution >= 4 is 11.8 Å². The Morgan fingerprint density at radius 1 is 1.29 bits per heavy atom. The lowest BCUT2D eigenvalue weighted by Gasteiger charge is -2.10. The summed E-state index contributed by atoms with van der Waals surface area (Å²) in [5, 5.41) is 14.7. The minimum atomic E-state index is -0.800. The number of hydrogen-bond acceptors (Lipinski definition) is 3. The van der Waals surface area contributed by atoms with E-state index in [0.717, 1.165) is 12.8 Å². The summed E-state index contributed by atoms with van der Waals surface area (Å²) >= 11 is 0. The number of carbonyl (C=O) groups excluding carboxylic acids is 2. The summed E-state index contributed by atoms with van der Waals surface area (Å²) in [6, 6.07) is 11.3. The molecule has 2 amide bonds. The van der Waals surface area contributed by atoms with Crippen LogP contribution in [0.15, 0.2) is 30.3 Å². The van der Waals surface area contributed by atoms with E-state index >= 15 is 0 Å². The zero-order chi connectivity index (χ0) is 15.1. The minimum Gasteiger partial charge on any atom is -0.355 e. The van der Waals surface area contributed by atoms with Gasteiger partial charge in [0.1, 0.15) is 5.92 Å². The summed E-state index contributed by atoms with van der Waals surface area (Å²) in [6.45, 7) is 0.405. The van der Waals surface area contributed by atoms with Crippen LogP contribution in [0.3, 0.4) is 0 Å². The number of nitriles is 1. The van der Waals surface area contributed by atoms with Gasteiger partial charge in [0, 0.05) is 19.0 Å². The van der Waals surface area contributed by atoms with Crippen LogP contribution in [0.1, 0.15) is 37.2 Å². The number of amides is 2. The molecular weight excluding hydrogens is 266 g/mol. The van der Waals surface area contributed by atoms with Crippen molar-refractivity contribution < 1.29 is 9.59 Å². The van der Waals surface area contributed by atoms with Gasteiger partial charge in [-0.3, -0.25) is 9.59 Å². The van der Waals surface area contributed by atoms with Gasteiger partial charge in [-0.2, -0.15) is 5.26 Å². The monoisotopic (exact) mass is 285 g/mol. The normalized spacial score (nSPS) is 14.8. The van der Waals surface area contributed by atoms with Crippen LogP contribution in [0.25, 0.3) is 0 Å². The van der Waals surface area contributed by atoms with E-state index in [1.807, 2.05) is 12.1 Å². The van der Waals surface area contributed by atoms with Crippen LogP contribution in [0.4, 0.5) is 0 Å². The fourth-order valence-electron chi connectivity index (χ4n) is 2.02. The largest absolute Gasteiger partial charge is 0.355 e. The minimum absolute atomic E-state index is 0.0339. The molecule has 1 aliphatic carbocycles. The molecule has 21 heavy (non-hydrogen) atoms. The molecule has 110 valence electrons. The predicted octanol–water partition coefficient (Wildman–Crippen LogP) is 1.47. The van der Waals surface area contributed by atoms with Crippen LogP contribution >= 0.6 is 0 Å². The first-order valence-electron chi connectivity index (χ1n) is 7.22. The van der Waals surface area contributed by atoms with Gasteiger partial charge < -0.3 is 10.6 Å². The highest BCUT2D eigenvalue weighted by Gasteiger charge is 2.23. The van der Waals surface area contributed by atoms with Gasteiger partial charge >= 0.3 is 0 Å². The first kappa shape index (κ1) is 15.0. The van der Waals surface area contributed by atoms with Crippen molar-refractivity contribution in [2.75, 3.05) is 6.54 Å². The van der Waals surface area contributed by atoms with Crippen molar-refractivity contribution in [1.29, 1.82) is 5.26 Å². The Bertz CT molecular complexity index is 532. The van der Waals surface area contributed by atoms with Gasteiger partial charge in [-0.05, 0) is 24.8 Å². The van der Waals surface area contributed by atoms with Crippen LogP contribution in [-0.2, 0) is 9.59 Å². The molecule has 1 aliphatic rings. The second-order valence-electron chi connectivity index (χ2n) is 5.21. The van der Waals surface area contributed by atoms with Crippen molar-refractivity contribution in [3.8, 4) is 6.07 Å². The number of hydrogen-bond donors (Lipinski definition) is 2. The summed E-state index contributed by atoms with van der Waals surface area (Å²) in [4.78, 5) is 23.4. The maximum absolute atomic E-state index is 12.0. The standard InChI is InChI=1S/C16H19N3O2/c17-11-14(12-5-2-1-3-6-12)16(21)18-10-4-7-15(20)19-13-8-9-13/h1-3,5-6,13-14H,4,7-10H2,(H,18,21)(H,19,20). The molecule has 1 atom stereocenters. The predicted molar refractivity (Wildman–Crippen MR) is 78.2 cm³/mol. The van der Waals surface area contributed by atoms with E-state index in [-0.39, 0.29) is 11.8 Å². The molecule has 2 N–H and O–H groups in total. The SMILES string of the molecule is N#CC(C(=O)NCCCC(=O)NC1CC1)c1ccccc1. The van der Waals surface area contributed by atoms with Gasteiger partial charge in [0.05, 0.1) is 6.07 Å². The lowest BCUT2D eigenvalue weighted by atomic mass is 10.00. The van der Waals surface area contributed by atoms with Crippen molar-refractivity contribution in [1.82, 2.24) is 10.6 Å². The van der Waals surface area contributed by atoms with E-state index < -0.39 is 5.92 Å². The molecule has 5 heteroatoms. The lowest BCUT2D eigenvalue weighted by Crippen LogP contribution is -2.31. The molecule has 0 radical (unpaired) electrons. The van der Waals surface area contributed by atoms with Crippen molar-refractivity contribution in [2.24, 2.45) is 0 Å².